The van der Waals surface area contributed by atoms with Crippen molar-refractivity contribution in [1.29, 1.82) is 0 Å². The van der Waals surface area contributed by atoms with Crippen molar-refractivity contribution in [2.45, 2.75) is 6.18 Å². The highest BCUT2D eigenvalue weighted by molar-refractivity contribution is 7.17. The van der Waals surface area contributed by atoms with Gasteiger partial charge < -0.3 is 5.32 Å². The second-order valence-electron chi connectivity index (χ2n) is 5.62. The molecule has 130 valence electrons. The van der Waals surface area contributed by atoms with Crippen molar-refractivity contribution in [1.82, 2.24) is 9.97 Å². The van der Waals surface area contributed by atoms with Crippen molar-refractivity contribution >= 4 is 33.1 Å². The topological polar surface area (TPSA) is 37.8 Å². The van der Waals surface area contributed by atoms with E-state index in [1.807, 2.05) is 35.7 Å². The number of benzene rings is 2. The van der Waals surface area contributed by atoms with E-state index in [2.05, 4.69) is 15.3 Å². The fourth-order valence-electron chi connectivity index (χ4n) is 2.71. The second kappa shape index (κ2) is 6.42. The molecule has 0 bridgehead atoms. The van der Waals surface area contributed by atoms with Crippen molar-refractivity contribution in [2.24, 2.45) is 0 Å². The lowest BCUT2D eigenvalue weighted by molar-refractivity contribution is -0.137. The standard InChI is InChI=1S/C19H12F3N3S/c20-19(21,22)13-7-4-8-14(9-13)25-17-16-15(12-5-2-1-3-6-12)10-26-18(16)24-11-23-17/h1-11H,(H,23,24,25). The number of nitrogens with zero attached hydrogens (tertiary/aromatic N) is 2. The average Bonchev–Trinajstić information content (AvgIpc) is 3.07. The summed E-state index contributed by atoms with van der Waals surface area (Å²) >= 11 is 1.47. The number of nitrogens with one attached hydrogen (secondary N) is 1. The molecule has 4 rings (SSSR count). The van der Waals surface area contributed by atoms with Gasteiger partial charge in [0.25, 0.3) is 0 Å². The quantitative estimate of drug-likeness (QED) is 0.471. The van der Waals surface area contributed by atoms with E-state index in [9.17, 15) is 13.2 Å². The molecule has 2 heterocycles. The Morgan fingerprint density at radius 2 is 1.73 bits per heavy atom. The van der Waals surface area contributed by atoms with E-state index in [-0.39, 0.29) is 0 Å². The maximum absolute atomic E-state index is 12.9. The summed E-state index contributed by atoms with van der Waals surface area (Å²) < 4.78 is 38.8. The molecule has 0 fully saturated rings. The molecule has 0 saturated carbocycles. The molecule has 7 heteroatoms. The predicted molar refractivity (Wildman–Crippen MR) is 97.6 cm³/mol. The Morgan fingerprint density at radius 1 is 0.923 bits per heavy atom. The number of aromatic nitrogens is 2. The molecule has 0 aliphatic rings. The number of hydrogen-bond donors (Lipinski definition) is 1. The maximum atomic E-state index is 12.9. The molecular formula is C19H12F3N3S. The number of rotatable bonds is 3. The first-order valence-electron chi connectivity index (χ1n) is 7.74. The first-order valence-corrected chi connectivity index (χ1v) is 8.62. The van der Waals surface area contributed by atoms with Crippen LogP contribution in [0, 0.1) is 0 Å². The Hall–Kier alpha value is -2.93. The fraction of sp³-hybridized carbons (Fsp3) is 0.0526. The number of thiophene rings is 1. The fourth-order valence-corrected chi connectivity index (χ4v) is 3.63. The van der Waals surface area contributed by atoms with Crippen LogP contribution in [0.1, 0.15) is 5.56 Å². The predicted octanol–water partition coefficient (Wildman–Crippen LogP) is 6.12. The third kappa shape index (κ3) is 3.13. The van der Waals surface area contributed by atoms with E-state index in [1.165, 1.54) is 23.7 Å². The molecule has 0 aliphatic carbocycles. The summed E-state index contributed by atoms with van der Waals surface area (Å²) in [5.74, 6) is 0.481. The van der Waals surface area contributed by atoms with E-state index in [0.717, 1.165) is 33.5 Å². The van der Waals surface area contributed by atoms with E-state index < -0.39 is 11.7 Å². The molecule has 2 aromatic heterocycles. The highest BCUT2D eigenvalue weighted by Gasteiger charge is 2.30. The van der Waals surface area contributed by atoms with Crippen LogP contribution in [0.2, 0.25) is 0 Å². The van der Waals surface area contributed by atoms with Crippen LogP contribution < -0.4 is 5.32 Å². The summed E-state index contributed by atoms with van der Waals surface area (Å²) in [7, 11) is 0. The van der Waals surface area contributed by atoms with Crippen LogP contribution in [0.4, 0.5) is 24.7 Å². The Kier molecular flexibility index (Phi) is 4.08. The van der Waals surface area contributed by atoms with Gasteiger partial charge in [0.05, 0.1) is 10.9 Å². The van der Waals surface area contributed by atoms with Gasteiger partial charge in [0.1, 0.15) is 17.0 Å². The zero-order valence-corrected chi connectivity index (χ0v) is 14.1. The normalized spacial score (nSPS) is 11.7. The van der Waals surface area contributed by atoms with Crippen molar-refractivity contribution in [3.8, 4) is 11.1 Å². The van der Waals surface area contributed by atoms with Gasteiger partial charge in [0.15, 0.2) is 0 Å². The molecule has 26 heavy (non-hydrogen) atoms. The summed E-state index contributed by atoms with van der Waals surface area (Å²) in [6.45, 7) is 0. The van der Waals surface area contributed by atoms with Crippen LogP contribution >= 0.6 is 11.3 Å². The highest BCUT2D eigenvalue weighted by atomic mass is 32.1. The van der Waals surface area contributed by atoms with Crippen LogP contribution in [-0.2, 0) is 6.18 Å². The summed E-state index contributed by atoms with van der Waals surface area (Å²) in [6, 6.07) is 14.8. The molecule has 0 amide bonds. The lowest BCUT2D eigenvalue weighted by Gasteiger charge is -2.11. The summed E-state index contributed by atoms with van der Waals surface area (Å²) in [4.78, 5) is 9.30. The summed E-state index contributed by atoms with van der Waals surface area (Å²) in [5.41, 5.74) is 1.56. The number of fused-ring (bicyclic) bond motifs is 1. The SMILES string of the molecule is FC(F)(F)c1cccc(Nc2ncnc3scc(-c4ccccc4)c23)c1. The van der Waals surface area contributed by atoms with E-state index in [1.54, 1.807) is 6.07 Å². The van der Waals surface area contributed by atoms with Gasteiger partial charge in [-0.25, -0.2) is 9.97 Å². The molecule has 2 aromatic carbocycles. The Morgan fingerprint density at radius 3 is 2.50 bits per heavy atom. The lowest BCUT2D eigenvalue weighted by atomic mass is 10.1. The molecular weight excluding hydrogens is 359 g/mol. The Balaban J connectivity index is 1.79. The molecule has 1 N–H and O–H groups in total. The Labute approximate surface area is 151 Å². The van der Waals surface area contributed by atoms with Gasteiger partial charge >= 0.3 is 6.18 Å². The van der Waals surface area contributed by atoms with Crippen molar-refractivity contribution in [3.63, 3.8) is 0 Å². The first kappa shape index (κ1) is 16.5. The van der Waals surface area contributed by atoms with Gasteiger partial charge in [-0.3, -0.25) is 0 Å². The molecule has 0 aliphatic heterocycles. The third-order valence-corrected chi connectivity index (χ3v) is 4.79. The largest absolute Gasteiger partial charge is 0.416 e. The molecule has 0 atom stereocenters. The van der Waals surface area contributed by atoms with Crippen molar-refractivity contribution in [2.75, 3.05) is 5.32 Å². The van der Waals surface area contributed by atoms with Gasteiger partial charge in [0.2, 0.25) is 0 Å². The first-order chi connectivity index (χ1) is 12.5. The molecule has 4 aromatic rings. The van der Waals surface area contributed by atoms with Gasteiger partial charge in [-0.1, -0.05) is 36.4 Å². The molecule has 0 spiro atoms. The summed E-state index contributed by atoms with van der Waals surface area (Å²) in [5, 5.41) is 5.78. The summed E-state index contributed by atoms with van der Waals surface area (Å²) in [6.07, 6.45) is -2.99. The van der Waals surface area contributed by atoms with Crippen LogP contribution in [0.5, 0.6) is 0 Å². The average molecular weight is 371 g/mol. The van der Waals surface area contributed by atoms with Crippen LogP contribution in [-0.4, -0.2) is 9.97 Å². The van der Waals surface area contributed by atoms with Gasteiger partial charge in [0, 0.05) is 16.6 Å². The van der Waals surface area contributed by atoms with Crippen LogP contribution in [0.15, 0.2) is 66.3 Å². The second-order valence-corrected chi connectivity index (χ2v) is 6.48. The lowest BCUT2D eigenvalue weighted by Crippen LogP contribution is -2.05. The minimum Gasteiger partial charge on any atom is -0.340 e. The van der Waals surface area contributed by atoms with Gasteiger partial charge in [-0.05, 0) is 23.8 Å². The van der Waals surface area contributed by atoms with Crippen LogP contribution in [0.3, 0.4) is 0 Å². The number of alkyl halides is 3. The maximum Gasteiger partial charge on any atom is 0.416 e. The smallest absolute Gasteiger partial charge is 0.340 e. The van der Waals surface area contributed by atoms with E-state index in [0.29, 0.717) is 11.5 Å². The zero-order valence-electron chi connectivity index (χ0n) is 13.3. The molecule has 0 unspecified atom stereocenters. The molecule has 3 nitrogen and oxygen atoms in total. The van der Waals surface area contributed by atoms with E-state index >= 15 is 0 Å². The van der Waals surface area contributed by atoms with Gasteiger partial charge in [-0.15, -0.1) is 11.3 Å². The third-order valence-electron chi connectivity index (χ3n) is 3.91. The van der Waals surface area contributed by atoms with Crippen molar-refractivity contribution < 1.29 is 13.2 Å². The Bertz CT molecular complexity index is 1060. The minimum absolute atomic E-state index is 0.324. The number of halogens is 3. The van der Waals surface area contributed by atoms with Crippen LogP contribution in [0.25, 0.3) is 21.3 Å². The zero-order chi connectivity index (χ0) is 18.1. The van der Waals surface area contributed by atoms with Gasteiger partial charge in [-0.2, -0.15) is 13.2 Å². The molecule has 0 saturated heterocycles. The van der Waals surface area contributed by atoms with E-state index in [4.69, 9.17) is 0 Å². The molecule has 0 radical (unpaired) electrons. The van der Waals surface area contributed by atoms with Crippen molar-refractivity contribution in [3.05, 3.63) is 71.9 Å². The monoisotopic (exact) mass is 371 g/mol. The highest BCUT2D eigenvalue weighted by Crippen LogP contribution is 2.38. The minimum atomic E-state index is -4.39. The number of anilines is 2. The number of hydrogen-bond acceptors (Lipinski definition) is 4.